The molecule has 3 heterocycles. The zero-order valence-corrected chi connectivity index (χ0v) is 14.4. The van der Waals surface area contributed by atoms with Crippen LogP contribution in [0, 0.1) is 0 Å². The quantitative estimate of drug-likeness (QED) is 0.591. The highest BCUT2D eigenvalue weighted by Gasteiger charge is 2.18. The summed E-state index contributed by atoms with van der Waals surface area (Å²) in [6.07, 6.45) is 6.48. The number of rotatable bonds is 5. The number of carbonyl (C=O) groups excluding carboxylic acids is 1. The molecule has 3 aromatic heterocycles. The van der Waals surface area contributed by atoms with E-state index in [0.717, 1.165) is 11.1 Å². The first-order chi connectivity index (χ1) is 13.3. The van der Waals surface area contributed by atoms with E-state index in [4.69, 9.17) is 0 Å². The molecule has 7 nitrogen and oxygen atoms in total. The molecular formula is C20H16N6O. The first-order valence-corrected chi connectivity index (χ1v) is 8.41. The summed E-state index contributed by atoms with van der Waals surface area (Å²) in [5.41, 5.74) is 2.35. The second-order valence-corrected chi connectivity index (χ2v) is 5.79. The van der Waals surface area contributed by atoms with Gasteiger partial charge in [-0.2, -0.15) is 9.67 Å². The topological polar surface area (TPSA) is 85.6 Å². The summed E-state index contributed by atoms with van der Waals surface area (Å²) in [5, 5.41) is 7.62. The average molecular weight is 356 g/mol. The largest absolute Gasteiger partial charge is 0.350 e. The molecule has 0 aliphatic carbocycles. The van der Waals surface area contributed by atoms with Gasteiger partial charge in [0.15, 0.2) is 5.82 Å². The predicted molar refractivity (Wildman–Crippen MR) is 101 cm³/mol. The van der Waals surface area contributed by atoms with Crippen LogP contribution in [0.5, 0.6) is 0 Å². The predicted octanol–water partition coefficient (Wildman–Crippen LogP) is 3.04. The van der Waals surface area contributed by atoms with Gasteiger partial charge < -0.3 is 5.32 Å². The summed E-state index contributed by atoms with van der Waals surface area (Å²) in [7, 11) is 0. The molecule has 7 heteroatoms. The van der Waals surface area contributed by atoms with Crippen molar-refractivity contribution >= 4 is 11.9 Å². The molecule has 4 aromatic rings. The summed E-state index contributed by atoms with van der Waals surface area (Å²) in [6, 6.07) is 16.8. The Balaban J connectivity index is 1.69. The minimum atomic E-state index is -0.277. The van der Waals surface area contributed by atoms with E-state index < -0.39 is 0 Å². The minimum Gasteiger partial charge on any atom is -0.350 e. The zero-order chi connectivity index (χ0) is 18.5. The first kappa shape index (κ1) is 16.6. The number of nitrogens with zero attached hydrogens (tertiary/aromatic N) is 5. The standard InChI is InChI=1S/C20H16N6O/c27-19(17-8-12-22-13-9-17)26-20(23-14-15-4-2-1-3-5-15)24-18(25-26)16-6-10-21-11-7-16/h1-13H,14H2,(H,23,24,25). The maximum Gasteiger partial charge on any atom is 0.281 e. The Morgan fingerprint density at radius 3 is 2.26 bits per heavy atom. The van der Waals surface area contributed by atoms with Crippen LogP contribution in [0.1, 0.15) is 15.9 Å². The van der Waals surface area contributed by atoms with Gasteiger partial charge in [0.1, 0.15) is 0 Å². The van der Waals surface area contributed by atoms with Gasteiger partial charge in [-0.25, -0.2) is 0 Å². The molecular weight excluding hydrogens is 340 g/mol. The molecule has 1 aromatic carbocycles. The summed E-state index contributed by atoms with van der Waals surface area (Å²) in [5.74, 6) is 0.559. The highest BCUT2D eigenvalue weighted by Crippen LogP contribution is 2.18. The number of benzene rings is 1. The van der Waals surface area contributed by atoms with Gasteiger partial charge in [0.05, 0.1) is 0 Å². The van der Waals surface area contributed by atoms with Gasteiger partial charge in [-0.15, -0.1) is 5.10 Å². The summed E-state index contributed by atoms with van der Waals surface area (Å²) >= 11 is 0. The van der Waals surface area contributed by atoms with Crippen LogP contribution in [0.25, 0.3) is 11.4 Å². The third kappa shape index (κ3) is 3.72. The van der Waals surface area contributed by atoms with E-state index in [0.29, 0.717) is 23.9 Å². The van der Waals surface area contributed by atoms with E-state index in [1.807, 2.05) is 30.3 Å². The summed E-state index contributed by atoms with van der Waals surface area (Å²) in [4.78, 5) is 25.4. The lowest BCUT2D eigenvalue weighted by atomic mass is 10.2. The SMILES string of the molecule is O=C(c1ccncc1)n1nc(-c2ccncc2)nc1NCc1ccccc1. The second kappa shape index (κ2) is 7.57. The Kier molecular flexibility index (Phi) is 4.65. The van der Waals surface area contributed by atoms with Gasteiger partial charge in [0.2, 0.25) is 5.95 Å². The number of hydrogen-bond acceptors (Lipinski definition) is 6. The van der Waals surface area contributed by atoms with Gasteiger partial charge in [0, 0.05) is 42.5 Å². The van der Waals surface area contributed by atoms with E-state index in [1.54, 1.807) is 49.1 Å². The van der Waals surface area contributed by atoms with E-state index >= 15 is 0 Å². The van der Waals surface area contributed by atoms with Crippen LogP contribution in [0.4, 0.5) is 5.95 Å². The molecule has 0 aliphatic heterocycles. The van der Waals surface area contributed by atoms with Crippen LogP contribution in [-0.2, 0) is 6.54 Å². The fourth-order valence-electron chi connectivity index (χ4n) is 2.59. The van der Waals surface area contributed by atoms with Crippen molar-refractivity contribution in [3.8, 4) is 11.4 Å². The van der Waals surface area contributed by atoms with Crippen molar-refractivity contribution < 1.29 is 4.79 Å². The van der Waals surface area contributed by atoms with Crippen LogP contribution in [0.2, 0.25) is 0 Å². The number of aromatic nitrogens is 5. The van der Waals surface area contributed by atoms with Crippen molar-refractivity contribution in [2.24, 2.45) is 0 Å². The van der Waals surface area contributed by atoms with Crippen LogP contribution in [-0.4, -0.2) is 30.6 Å². The van der Waals surface area contributed by atoms with Gasteiger partial charge in [-0.3, -0.25) is 14.8 Å². The van der Waals surface area contributed by atoms with Crippen molar-refractivity contribution in [3.63, 3.8) is 0 Å². The number of pyridine rings is 2. The van der Waals surface area contributed by atoms with Crippen LogP contribution in [0.15, 0.2) is 79.4 Å². The Morgan fingerprint density at radius 2 is 1.56 bits per heavy atom. The smallest absolute Gasteiger partial charge is 0.281 e. The van der Waals surface area contributed by atoms with Gasteiger partial charge in [0.25, 0.3) is 5.91 Å². The number of anilines is 1. The average Bonchev–Trinajstić information content (AvgIpc) is 3.18. The van der Waals surface area contributed by atoms with Crippen LogP contribution in [0.3, 0.4) is 0 Å². The highest BCUT2D eigenvalue weighted by molar-refractivity contribution is 5.96. The molecule has 0 radical (unpaired) electrons. The van der Waals surface area contributed by atoms with Gasteiger partial charge >= 0.3 is 0 Å². The highest BCUT2D eigenvalue weighted by atomic mass is 16.2. The molecule has 0 fully saturated rings. The molecule has 0 amide bonds. The first-order valence-electron chi connectivity index (χ1n) is 8.41. The van der Waals surface area contributed by atoms with Crippen molar-refractivity contribution in [1.82, 2.24) is 24.7 Å². The Labute approximate surface area is 155 Å². The summed E-state index contributed by atoms with van der Waals surface area (Å²) in [6.45, 7) is 0.527. The molecule has 1 N–H and O–H groups in total. The maximum absolute atomic E-state index is 12.9. The number of carbonyl (C=O) groups is 1. The molecule has 0 saturated heterocycles. The second-order valence-electron chi connectivity index (χ2n) is 5.79. The lowest BCUT2D eigenvalue weighted by Crippen LogP contribution is -2.17. The molecule has 0 unspecified atom stereocenters. The number of hydrogen-bond donors (Lipinski definition) is 1. The Morgan fingerprint density at radius 1 is 0.889 bits per heavy atom. The lowest BCUT2D eigenvalue weighted by Gasteiger charge is -2.07. The third-order valence-corrected chi connectivity index (χ3v) is 3.96. The van der Waals surface area contributed by atoms with E-state index in [1.165, 1.54) is 4.68 Å². The summed E-state index contributed by atoms with van der Waals surface area (Å²) < 4.78 is 1.29. The van der Waals surface area contributed by atoms with Crippen LogP contribution < -0.4 is 5.32 Å². The monoisotopic (exact) mass is 356 g/mol. The fraction of sp³-hybridized carbons (Fsp3) is 0.0500. The molecule has 0 atom stereocenters. The van der Waals surface area contributed by atoms with E-state index in [9.17, 15) is 4.79 Å². The zero-order valence-electron chi connectivity index (χ0n) is 14.4. The van der Waals surface area contributed by atoms with Crippen molar-refractivity contribution in [2.45, 2.75) is 6.54 Å². The molecule has 0 saturated carbocycles. The molecule has 132 valence electrons. The van der Waals surface area contributed by atoms with Gasteiger partial charge in [-0.05, 0) is 29.8 Å². The maximum atomic E-state index is 12.9. The fourth-order valence-corrected chi connectivity index (χ4v) is 2.59. The molecule has 27 heavy (non-hydrogen) atoms. The Hall–Kier alpha value is -3.87. The molecule has 4 rings (SSSR count). The van der Waals surface area contributed by atoms with Crippen molar-refractivity contribution in [3.05, 3.63) is 90.5 Å². The minimum absolute atomic E-state index is 0.277. The van der Waals surface area contributed by atoms with Crippen LogP contribution >= 0.6 is 0 Å². The van der Waals surface area contributed by atoms with E-state index in [-0.39, 0.29) is 5.91 Å². The third-order valence-electron chi connectivity index (χ3n) is 3.96. The number of nitrogens with one attached hydrogen (secondary N) is 1. The van der Waals surface area contributed by atoms with Crippen molar-refractivity contribution in [1.29, 1.82) is 0 Å². The van der Waals surface area contributed by atoms with Crippen molar-refractivity contribution in [2.75, 3.05) is 5.32 Å². The normalized spacial score (nSPS) is 10.5. The lowest BCUT2D eigenvalue weighted by molar-refractivity contribution is 0.0947. The molecule has 0 bridgehead atoms. The van der Waals surface area contributed by atoms with E-state index in [2.05, 4.69) is 25.4 Å². The molecule has 0 spiro atoms. The Bertz CT molecular complexity index is 1030. The molecule has 0 aliphatic rings. The van der Waals surface area contributed by atoms with Gasteiger partial charge in [-0.1, -0.05) is 30.3 Å².